The first-order chi connectivity index (χ1) is 11.6. The van der Waals surface area contributed by atoms with Gasteiger partial charge < -0.3 is 10.2 Å². The molecule has 0 bridgehead atoms. The van der Waals surface area contributed by atoms with Crippen molar-refractivity contribution in [2.24, 2.45) is 5.92 Å². The van der Waals surface area contributed by atoms with E-state index in [1.165, 1.54) is 18.7 Å². The van der Waals surface area contributed by atoms with E-state index >= 15 is 0 Å². The first kappa shape index (κ1) is 16.1. The van der Waals surface area contributed by atoms with Crippen molar-refractivity contribution in [1.82, 2.24) is 14.9 Å². The molecule has 0 aliphatic carbocycles. The largest absolute Gasteiger partial charge is 0.324 e. The van der Waals surface area contributed by atoms with Gasteiger partial charge in [-0.1, -0.05) is 38.5 Å². The third kappa shape index (κ3) is 2.99. The summed E-state index contributed by atoms with van der Waals surface area (Å²) in [5.74, 6) is -0.347. The minimum Gasteiger partial charge on any atom is -0.324 e. The molecule has 2 heterocycles. The van der Waals surface area contributed by atoms with E-state index < -0.39 is 6.04 Å². The summed E-state index contributed by atoms with van der Waals surface area (Å²) >= 11 is 0. The number of carbonyl (C=O) groups excluding carboxylic acids is 2. The number of carbonyl (C=O) groups is 2. The van der Waals surface area contributed by atoms with Crippen molar-refractivity contribution in [3.63, 3.8) is 0 Å². The van der Waals surface area contributed by atoms with Crippen LogP contribution < -0.4 is 5.32 Å². The number of rotatable bonds is 3. The normalized spacial score (nSPS) is 18.3. The van der Waals surface area contributed by atoms with Crippen molar-refractivity contribution < 1.29 is 9.59 Å². The van der Waals surface area contributed by atoms with Gasteiger partial charge in [-0.3, -0.25) is 9.59 Å². The molecule has 24 heavy (non-hydrogen) atoms. The average molecular weight is 324 g/mol. The third-order valence-electron chi connectivity index (χ3n) is 4.47. The Bertz CT molecular complexity index is 748. The zero-order valence-corrected chi connectivity index (χ0v) is 13.8. The maximum atomic E-state index is 13.0. The van der Waals surface area contributed by atoms with Gasteiger partial charge in [0.2, 0.25) is 5.91 Å². The molecule has 6 heteroatoms. The monoisotopic (exact) mass is 324 g/mol. The minimum absolute atomic E-state index is 0.0351. The third-order valence-corrected chi connectivity index (χ3v) is 4.47. The van der Waals surface area contributed by atoms with Crippen molar-refractivity contribution in [3.8, 4) is 0 Å². The van der Waals surface area contributed by atoms with Crippen LogP contribution in [-0.2, 0) is 11.3 Å². The van der Waals surface area contributed by atoms with E-state index in [0.29, 0.717) is 12.1 Å². The first-order valence-electron chi connectivity index (χ1n) is 8.06. The molecule has 1 N–H and O–H groups in total. The first-order valence-corrected chi connectivity index (χ1v) is 8.06. The van der Waals surface area contributed by atoms with Crippen molar-refractivity contribution in [1.29, 1.82) is 0 Å². The van der Waals surface area contributed by atoms with E-state index in [-0.39, 0.29) is 17.7 Å². The molecule has 3 rings (SSSR count). The predicted molar refractivity (Wildman–Crippen MR) is 90.2 cm³/mol. The second kappa shape index (κ2) is 6.78. The molecule has 1 aliphatic rings. The summed E-state index contributed by atoms with van der Waals surface area (Å²) in [5, 5.41) is 2.96. The van der Waals surface area contributed by atoms with Crippen LogP contribution in [0, 0.1) is 5.92 Å². The van der Waals surface area contributed by atoms with Crippen LogP contribution in [-0.4, -0.2) is 32.7 Å². The highest BCUT2D eigenvalue weighted by molar-refractivity contribution is 6.02. The van der Waals surface area contributed by atoms with Gasteiger partial charge in [0.25, 0.3) is 5.91 Å². The summed E-state index contributed by atoms with van der Waals surface area (Å²) in [7, 11) is 0. The van der Waals surface area contributed by atoms with E-state index in [1.54, 1.807) is 4.90 Å². The summed E-state index contributed by atoms with van der Waals surface area (Å²) < 4.78 is 0. The fraction of sp³-hybridized carbons (Fsp3) is 0.333. The van der Waals surface area contributed by atoms with E-state index in [0.717, 1.165) is 17.7 Å². The van der Waals surface area contributed by atoms with Gasteiger partial charge >= 0.3 is 0 Å². The van der Waals surface area contributed by atoms with E-state index in [2.05, 4.69) is 15.3 Å². The molecular formula is C18H20N4O2. The van der Waals surface area contributed by atoms with Gasteiger partial charge in [0.1, 0.15) is 12.4 Å². The van der Waals surface area contributed by atoms with Gasteiger partial charge in [-0.25, -0.2) is 9.97 Å². The van der Waals surface area contributed by atoms with Gasteiger partial charge in [0, 0.05) is 24.6 Å². The predicted octanol–water partition coefficient (Wildman–Crippen LogP) is 2.49. The van der Waals surface area contributed by atoms with Crippen LogP contribution >= 0.6 is 0 Å². The Morgan fingerprint density at radius 3 is 2.75 bits per heavy atom. The molecular weight excluding hydrogens is 304 g/mol. The number of nitrogens with one attached hydrogen (secondary N) is 1. The molecule has 0 spiro atoms. The molecule has 0 saturated carbocycles. The Hall–Kier alpha value is -2.76. The molecule has 0 unspecified atom stereocenters. The number of anilines is 1. The highest BCUT2D eigenvalue weighted by atomic mass is 16.2. The molecule has 0 saturated heterocycles. The van der Waals surface area contributed by atoms with Crippen LogP contribution in [0.4, 0.5) is 5.69 Å². The van der Waals surface area contributed by atoms with Crippen molar-refractivity contribution in [3.05, 3.63) is 54.1 Å². The molecule has 2 atom stereocenters. The number of nitrogens with zero attached hydrogens (tertiary/aromatic N) is 3. The topological polar surface area (TPSA) is 75.2 Å². The summed E-state index contributed by atoms with van der Waals surface area (Å²) in [6, 6.07) is 7.04. The van der Waals surface area contributed by atoms with Crippen LogP contribution in [0.1, 0.15) is 36.2 Å². The quantitative estimate of drug-likeness (QED) is 0.941. The van der Waals surface area contributed by atoms with Crippen LogP contribution in [0.2, 0.25) is 0 Å². The van der Waals surface area contributed by atoms with Crippen LogP contribution in [0.25, 0.3) is 0 Å². The van der Waals surface area contributed by atoms with Crippen LogP contribution in [0.3, 0.4) is 0 Å². The lowest BCUT2D eigenvalue weighted by Crippen LogP contribution is -2.48. The number of hydrogen-bond acceptors (Lipinski definition) is 4. The van der Waals surface area contributed by atoms with Crippen LogP contribution in [0.5, 0.6) is 0 Å². The highest BCUT2D eigenvalue weighted by Crippen LogP contribution is 2.28. The van der Waals surface area contributed by atoms with Gasteiger partial charge in [-0.15, -0.1) is 0 Å². The summed E-state index contributed by atoms with van der Waals surface area (Å²) in [5.41, 5.74) is 2.07. The molecule has 6 nitrogen and oxygen atoms in total. The highest BCUT2D eigenvalue weighted by Gasteiger charge is 2.37. The van der Waals surface area contributed by atoms with Gasteiger partial charge in [0.05, 0.1) is 5.56 Å². The average Bonchev–Trinajstić information content (AvgIpc) is 2.77. The smallest absolute Gasteiger partial charge is 0.257 e. The number of para-hydroxylation sites is 1. The van der Waals surface area contributed by atoms with Gasteiger partial charge in [-0.2, -0.15) is 0 Å². The molecule has 0 radical (unpaired) electrons. The van der Waals surface area contributed by atoms with Crippen LogP contribution in [0.15, 0.2) is 43.0 Å². The molecule has 1 aromatic heterocycles. The fourth-order valence-corrected chi connectivity index (χ4v) is 2.97. The summed E-state index contributed by atoms with van der Waals surface area (Å²) in [4.78, 5) is 35.3. The fourth-order valence-electron chi connectivity index (χ4n) is 2.97. The number of benzene rings is 1. The minimum atomic E-state index is -0.532. The zero-order valence-electron chi connectivity index (χ0n) is 13.8. The Morgan fingerprint density at radius 2 is 2.04 bits per heavy atom. The molecule has 2 aromatic rings. The van der Waals surface area contributed by atoms with E-state index in [9.17, 15) is 9.59 Å². The number of fused-ring (bicyclic) bond motifs is 1. The molecule has 2 amide bonds. The molecule has 0 fully saturated rings. The molecule has 124 valence electrons. The van der Waals surface area contributed by atoms with Crippen molar-refractivity contribution >= 4 is 17.5 Å². The lowest BCUT2D eigenvalue weighted by atomic mass is 9.96. The Kier molecular flexibility index (Phi) is 4.55. The maximum absolute atomic E-state index is 13.0. The van der Waals surface area contributed by atoms with Crippen molar-refractivity contribution in [2.75, 3.05) is 5.32 Å². The second-order valence-corrected chi connectivity index (χ2v) is 6.04. The summed E-state index contributed by atoms with van der Waals surface area (Å²) in [6.07, 6.45) is 5.15. The van der Waals surface area contributed by atoms with E-state index in [4.69, 9.17) is 0 Å². The Morgan fingerprint density at radius 1 is 1.33 bits per heavy atom. The Labute approximate surface area is 140 Å². The standard InChI is InChI=1S/C18H20N4O2/c1-3-12(2)16-17(23)21-15-7-5-4-6-13(15)10-22(16)18(24)14-8-19-11-20-9-14/h4-9,11-12,16H,3,10H2,1-2H3,(H,21,23)/t12-,16-/m0/s1. The zero-order chi connectivity index (χ0) is 17.1. The van der Waals surface area contributed by atoms with Gasteiger partial charge in [-0.05, 0) is 17.5 Å². The van der Waals surface area contributed by atoms with E-state index in [1.807, 2.05) is 38.1 Å². The number of hydrogen-bond donors (Lipinski definition) is 1. The SMILES string of the molecule is CC[C@H](C)[C@H]1C(=O)Nc2ccccc2CN1C(=O)c1cncnc1. The second-order valence-electron chi connectivity index (χ2n) is 6.04. The number of aromatic nitrogens is 2. The summed E-state index contributed by atoms with van der Waals surface area (Å²) in [6.45, 7) is 4.38. The molecule has 1 aromatic carbocycles. The maximum Gasteiger partial charge on any atom is 0.257 e. The van der Waals surface area contributed by atoms with Crippen molar-refractivity contribution in [2.45, 2.75) is 32.9 Å². The Balaban J connectivity index is 2.04. The number of amides is 2. The lowest BCUT2D eigenvalue weighted by molar-refractivity contribution is -0.122. The molecule has 1 aliphatic heterocycles. The van der Waals surface area contributed by atoms with Gasteiger partial charge in [0.15, 0.2) is 0 Å². The lowest BCUT2D eigenvalue weighted by Gasteiger charge is -2.32.